The Bertz CT molecular complexity index is 1050. The lowest BCUT2D eigenvalue weighted by Crippen LogP contribution is -2.45. The predicted octanol–water partition coefficient (Wildman–Crippen LogP) is 2.22. The Hall–Kier alpha value is -3.81. The van der Waals surface area contributed by atoms with Crippen LogP contribution >= 0.6 is 0 Å². The molecule has 0 aliphatic carbocycles. The van der Waals surface area contributed by atoms with Crippen LogP contribution in [0.3, 0.4) is 0 Å². The normalized spacial score (nSPS) is 11.5. The Morgan fingerprint density at radius 3 is 2.50 bits per heavy atom. The summed E-state index contributed by atoms with van der Waals surface area (Å²) in [4.78, 5) is 37.1. The molecular weight excluding hydrogens is 389 g/mol. The van der Waals surface area contributed by atoms with Crippen LogP contribution in [0, 0.1) is 5.82 Å². The number of methoxy groups -OCH3 is 1. The van der Waals surface area contributed by atoms with E-state index in [-0.39, 0.29) is 18.4 Å². The minimum Gasteiger partial charge on any atom is -0.463 e. The molecule has 1 aromatic heterocycles. The van der Waals surface area contributed by atoms with E-state index < -0.39 is 29.5 Å². The fourth-order valence-corrected chi connectivity index (χ4v) is 3.01. The van der Waals surface area contributed by atoms with Crippen molar-refractivity contribution in [2.45, 2.75) is 18.9 Å². The van der Waals surface area contributed by atoms with Crippen molar-refractivity contribution in [2.24, 2.45) is 0 Å². The lowest BCUT2D eigenvalue weighted by Gasteiger charge is -2.17. The number of halogens is 1. The van der Waals surface area contributed by atoms with Crippen molar-refractivity contribution < 1.29 is 23.5 Å². The molecule has 2 aromatic carbocycles. The van der Waals surface area contributed by atoms with Gasteiger partial charge in [-0.1, -0.05) is 48.5 Å². The number of carbonyl (C=O) groups is 3. The molecule has 30 heavy (non-hydrogen) atoms. The molecule has 1 unspecified atom stereocenters. The van der Waals surface area contributed by atoms with Crippen LogP contribution in [0.15, 0.2) is 60.8 Å². The van der Waals surface area contributed by atoms with E-state index in [0.29, 0.717) is 11.3 Å². The molecule has 3 rings (SSSR count). The largest absolute Gasteiger partial charge is 0.463 e. The summed E-state index contributed by atoms with van der Waals surface area (Å²) in [6.45, 7) is 0. The molecule has 0 bridgehead atoms. The smallest absolute Gasteiger partial charge is 0.376 e. The zero-order valence-electron chi connectivity index (χ0n) is 16.2. The van der Waals surface area contributed by atoms with E-state index in [2.05, 4.69) is 20.3 Å². The summed E-state index contributed by atoms with van der Waals surface area (Å²) in [5.74, 6) is -2.92. The molecule has 0 fully saturated rings. The van der Waals surface area contributed by atoms with Crippen LogP contribution in [-0.4, -0.2) is 41.0 Å². The van der Waals surface area contributed by atoms with Crippen molar-refractivity contribution in [3.63, 3.8) is 0 Å². The van der Waals surface area contributed by atoms with Gasteiger partial charge in [0.25, 0.3) is 11.7 Å². The third-order valence-electron chi connectivity index (χ3n) is 4.58. The van der Waals surface area contributed by atoms with Gasteiger partial charge < -0.3 is 10.1 Å². The molecule has 0 radical (unpaired) electrons. The van der Waals surface area contributed by atoms with E-state index in [4.69, 9.17) is 0 Å². The zero-order valence-corrected chi connectivity index (χ0v) is 16.2. The van der Waals surface area contributed by atoms with E-state index in [1.807, 2.05) is 6.07 Å². The number of H-pyrrole nitrogens is 1. The highest BCUT2D eigenvalue weighted by Crippen LogP contribution is 2.15. The number of nitrogens with one attached hydrogen (secondary N) is 2. The van der Waals surface area contributed by atoms with E-state index in [1.165, 1.54) is 12.3 Å². The molecule has 0 spiro atoms. The van der Waals surface area contributed by atoms with Gasteiger partial charge in [-0.3, -0.25) is 14.7 Å². The monoisotopic (exact) mass is 409 g/mol. The maximum absolute atomic E-state index is 14.0. The first-order valence-corrected chi connectivity index (χ1v) is 9.22. The van der Waals surface area contributed by atoms with Crippen LogP contribution < -0.4 is 5.32 Å². The molecule has 7 nitrogen and oxygen atoms in total. The number of esters is 1. The number of hydrogen-bond donors (Lipinski definition) is 2. The van der Waals surface area contributed by atoms with Gasteiger partial charge in [-0.05, 0) is 17.2 Å². The third-order valence-corrected chi connectivity index (χ3v) is 4.58. The highest BCUT2D eigenvalue weighted by molar-refractivity contribution is 6.36. The first-order valence-electron chi connectivity index (χ1n) is 9.22. The number of aromatic amines is 1. The molecule has 154 valence electrons. The number of carbonyl (C=O) groups excluding carboxylic acids is 3. The van der Waals surface area contributed by atoms with Crippen LogP contribution in [0.1, 0.15) is 27.2 Å². The first kappa shape index (κ1) is 20.9. The lowest BCUT2D eigenvalue weighted by atomic mass is 10.0. The Morgan fingerprint density at radius 1 is 1.10 bits per heavy atom. The van der Waals surface area contributed by atoms with Crippen molar-refractivity contribution in [2.75, 3.05) is 7.11 Å². The Kier molecular flexibility index (Phi) is 6.69. The topological polar surface area (TPSA) is 101 Å². The van der Waals surface area contributed by atoms with Gasteiger partial charge in [0.15, 0.2) is 0 Å². The van der Waals surface area contributed by atoms with Crippen LogP contribution in [0.25, 0.3) is 0 Å². The second kappa shape index (κ2) is 9.60. The number of hydrogen-bond acceptors (Lipinski definition) is 5. The summed E-state index contributed by atoms with van der Waals surface area (Å²) in [6.07, 6.45) is 1.53. The fourth-order valence-electron chi connectivity index (χ4n) is 3.01. The summed E-state index contributed by atoms with van der Waals surface area (Å²) in [5.41, 5.74) is 1.71. The average molecular weight is 409 g/mol. The molecular formula is C22H20FN3O4. The fraction of sp³-hybridized carbons (Fsp3) is 0.182. The minimum absolute atomic E-state index is 0.112. The number of aromatic nitrogens is 2. The van der Waals surface area contributed by atoms with E-state index in [1.54, 1.807) is 42.5 Å². The highest BCUT2D eigenvalue weighted by atomic mass is 19.1. The van der Waals surface area contributed by atoms with Crippen molar-refractivity contribution in [1.29, 1.82) is 0 Å². The number of nitrogens with zero attached hydrogens (tertiary/aromatic N) is 1. The Balaban J connectivity index is 1.80. The second-order valence-corrected chi connectivity index (χ2v) is 6.60. The van der Waals surface area contributed by atoms with Gasteiger partial charge in [-0.2, -0.15) is 5.10 Å². The summed E-state index contributed by atoms with van der Waals surface area (Å²) in [7, 11) is 1.10. The van der Waals surface area contributed by atoms with Gasteiger partial charge in [0.05, 0.1) is 24.6 Å². The van der Waals surface area contributed by atoms with Gasteiger partial charge in [-0.25, -0.2) is 9.18 Å². The summed E-state index contributed by atoms with van der Waals surface area (Å²) in [5, 5.41) is 9.15. The van der Waals surface area contributed by atoms with Gasteiger partial charge >= 0.3 is 5.97 Å². The molecule has 0 aliphatic heterocycles. The van der Waals surface area contributed by atoms with Crippen molar-refractivity contribution in [3.8, 4) is 0 Å². The molecule has 2 N–H and O–H groups in total. The first-order chi connectivity index (χ1) is 14.5. The van der Waals surface area contributed by atoms with Crippen molar-refractivity contribution >= 4 is 17.7 Å². The number of amides is 1. The van der Waals surface area contributed by atoms with Crippen LogP contribution in [-0.2, 0) is 27.2 Å². The minimum atomic E-state index is -1.12. The molecule has 0 saturated carbocycles. The van der Waals surface area contributed by atoms with E-state index >= 15 is 0 Å². The second-order valence-electron chi connectivity index (χ2n) is 6.60. The predicted molar refractivity (Wildman–Crippen MR) is 106 cm³/mol. The van der Waals surface area contributed by atoms with Crippen molar-refractivity contribution in [3.05, 3.63) is 89.0 Å². The standard InChI is InChI=1S/C22H20FN3O4/c1-30-22(29)20(27)19(11-14-7-3-2-4-8-14)25-21(28)16-13-24-26-18(16)12-15-9-5-6-10-17(15)23/h2-10,13,19H,11-12H2,1H3,(H,24,26)(H,25,28). The summed E-state index contributed by atoms with van der Waals surface area (Å²) >= 11 is 0. The Morgan fingerprint density at radius 2 is 1.80 bits per heavy atom. The van der Waals surface area contributed by atoms with Crippen LogP contribution in [0.2, 0.25) is 0 Å². The molecule has 0 saturated heterocycles. The average Bonchev–Trinajstić information content (AvgIpc) is 3.23. The number of Topliss-reactive ketones (excluding diaryl/α,β-unsaturated/α-hetero) is 1. The molecule has 1 heterocycles. The number of rotatable bonds is 8. The van der Waals surface area contributed by atoms with E-state index in [9.17, 15) is 18.8 Å². The summed E-state index contributed by atoms with van der Waals surface area (Å²) < 4.78 is 18.5. The number of ketones is 1. The molecule has 8 heteroatoms. The quantitative estimate of drug-likeness (QED) is 0.439. The SMILES string of the molecule is COC(=O)C(=O)C(Cc1ccccc1)NC(=O)c1cn[nH]c1Cc1ccccc1F. The molecule has 1 amide bonds. The van der Waals surface area contributed by atoms with Crippen LogP contribution in [0.5, 0.6) is 0 Å². The molecule has 3 aromatic rings. The zero-order chi connectivity index (χ0) is 21.5. The lowest BCUT2D eigenvalue weighted by molar-refractivity contribution is -0.152. The number of ether oxygens (including phenoxy) is 1. The highest BCUT2D eigenvalue weighted by Gasteiger charge is 2.29. The van der Waals surface area contributed by atoms with Crippen LogP contribution in [0.4, 0.5) is 4.39 Å². The maximum Gasteiger partial charge on any atom is 0.376 e. The number of benzene rings is 2. The third kappa shape index (κ3) is 4.96. The molecule has 0 aliphatic rings. The van der Waals surface area contributed by atoms with Gasteiger partial charge in [0.2, 0.25) is 0 Å². The van der Waals surface area contributed by atoms with Gasteiger partial charge in [-0.15, -0.1) is 0 Å². The van der Waals surface area contributed by atoms with E-state index in [0.717, 1.165) is 12.7 Å². The van der Waals surface area contributed by atoms with Gasteiger partial charge in [0, 0.05) is 12.8 Å². The van der Waals surface area contributed by atoms with Crippen molar-refractivity contribution in [1.82, 2.24) is 15.5 Å². The molecule has 1 atom stereocenters. The maximum atomic E-state index is 14.0. The van der Waals surface area contributed by atoms with Gasteiger partial charge in [0.1, 0.15) is 11.9 Å². The summed E-state index contributed by atoms with van der Waals surface area (Å²) in [6, 6.07) is 14.1. The Labute approximate surface area is 172 Å².